The van der Waals surface area contributed by atoms with Crippen LogP contribution in [0, 0.1) is 11.8 Å². The van der Waals surface area contributed by atoms with Crippen molar-refractivity contribution in [3.63, 3.8) is 0 Å². The highest BCUT2D eigenvalue weighted by molar-refractivity contribution is 6.19. The number of ketones is 1. The van der Waals surface area contributed by atoms with Crippen molar-refractivity contribution in [1.82, 2.24) is 5.32 Å². The lowest BCUT2D eigenvalue weighted by molar-refractivity contribution is -0.125. The van der Waals surface area contributed by atoms with Gasteiger partial charge in [-0.2, -0.15) is 0 Å². The highest BCUT2D eigenvalue weighted by atomic mass is 16.5. The van der Waals surface area contributed by atoms with Crippen molar-refractivity contribution in [2.75, 3.05) is 14.2 Å². The van der Waals surface area contributed by atoms with Crippen molar-refractivity contribution in [2.45, 2.75) is 6.42 Å². The van der Waals surface area contributed by atoms with Gasteiger partial charge in [-0.25, -0.2) is 0 Å². The van der Waals surface area contributed by atoms with Crippen LogP contribution in [-0.2, 0) is 16.0 Å². The number of methoxy groups -OCH3 is 2. The van der Waals surface area contributed by atoms with Crippen molar-refractivity contribution in [3.05, 3.63) is 47.5 Å². The quantitative estimate of drug-likeness (QED) is 0.391. The van der Waals surface area contributed by atoms with E-state index in [2.05, 4.69) is 5.32 Å². The molecule has 2 atom stereocenters. The Labute approximate surface area is 160 Å². The maximum Gasteiger partial charge on any atom is 0.238 e. The minimum Gasteiger partial charge on any atom is -0.504 e. The number of aromatic hydroxyl groups is 2. The van der Waals surface area contributed by atoms with Crippen molar-refractivity contribution in [1.29, 1.82) is 0 Å². The number of rotatable bonds is 6. The molecule has 28 heavy (non-hydrogen) atoms. The molecule has 0 radical (unpaired) electrons. The third kappa shape index (κ3) is 3.48. The number of phenolic OH excluding ortho intramolecular Hbond substituents is 2. The van der Waals surface area contributed by atoms with Crippen molar-refractivity contribution >= 4 is 17.6 Å². The lowest BCUT2D eigenvalue weighted by Gasteiger charge is -2.16. The van der Waals surface area contributed by atoms with Gasteiger partial charge in [0.1, 0.15) is 5.92 Å². The van der Waals surface area contributed by atoms with Gasteiger partial charge in [0.05, 0.1) is 20.1 Å². The molecule has 146 valence electrons. The van der Waals surface area contributed by atoms with E-state index in [1.54, 1.807) is 12.1 Å². The lowest BCUT2D eigenvalue weighted by Crippen LogP contribution is -2.29. The van der Waals surface area contributed by atoms with Crippen LogP contribution in [0.25, 0.3) is 0 Å². The Balaban J connectivity index is 1.91. The number of carbonyl (C=O) groups is 3. The van der Waals surface area contributed by atoms with Gasteiger partial charge in [-0.3, -0.25) is 19.7 Å². The zero-order valence-corrected chi connectivity index (χ0v) is 15.3. The van der Waals surface area contributed by atoms with E-state index in [0.717, 1.165) is 0 Å². The number of Topliss-reactive ketones (excluding diaryl/α,β-unsaturated/α-hetero) is 1. The van der Waals surface area contributed by atoms with Crippen LogP contribution in [0.2, 0.25) is 0 Å². The smallest absolute Gasteiger partial charge is 0.238 e. The first-order chi connectivity index (χ1) is 13.3. The summed E-state index contributed by atoms with van der Waals surface area (Å²) in [6, 6.07) is 8.56. The Morgan fingerprint density at radius 2 is 1.57 bits per heavy atom. The number of carbonyl (C=O) groups excluding carboxylic acids is 3. The van der Waals surface area contributed by atoms with Crippen molar-refractivity contribution in [3.8, 4) is 23.0 Å². The number of hydrogen-bond acceptors (Lipinski definition) is 7. The second-order valence-corrected chi connectivity index (χ2v) is 6.40. The molecule has 0 spiro atoms. The van der Waals surface area contributed by atoms with Crippen LogP contribution >= 0.6 is 0 Å². The summed E-state index contributed by atoms with van der Waals surface area (Å²) >= 11 is 0. The summed E-state index contributed by atoms with van der Waals surface area (Å²) in [4.78, 5) is 37.6. The summed E-state index contributed by atoms with van der Waals surface area (Å²) in [7, 11) is 2.74. The minimum absolute atomic E-state index is 0.0537. The maximum atomic E-state index is 12.9. The third-order valence-electron chi connectivity index (χ3n) is 4.71. The molecule has 0 saturated carbocycles. The van der Waals surface area contributed by atoms with E-state index in [0.29, 0.717) is 5.56 Å². The van der Waals surface area contributed by atoms with Crippen LogP contribution in [0.5, 0.6) is 23.0 Å². The fourth-order valence-corrected chi connectivity index (χ4v) is 3.25. The molecule has 1 heterocycles. The summed E-state index contributed by atoms with van der Waals surface area (Å²) in [6.45, 7) is 0. The second-order valence-electron chi connectivity index (χ2n) is 6.40. The number of amides is 2. The van der Waals surface area contributed by atoms with E-state index < -0.39 is 29.4 Å². The second kappa shape index (κ2) is 7.59. The Morgan fingerprint density at radius 3 is 2.21 bits per heavy atom. The van der Waals surface area contributed by atoms with Crippen LogP contribution in [-0.4, -0.2) is 42.0 Å². The molecule has 2 aromatic rings. The van der Waals surface area contributed by atoms with Gasteiger partial charge in [-0.15, -0.1) is 0 Å². The van der Waals surface area contributed by atoms with E-state index in [1.807, 2.05) is 0 Å². The molecule has 2 aromatic carbocycles. The maximum absolute atomic E-state index is 12.9. The molecular formula is C20H19NO7. The highest BCUT2D eigenvalue weighted by Gasteiger charge is 2.46. The molecule has 3 rings (SSSR count). The highest BCUT2D eigenvalue weighted by Crippen LogP contribution is 2.33. The van der Waals surface area contributed by atoms with Gasteiger partial charge < -0.3 is 19.7 Å². The number of nitrogens with one attached hydrogen (secondary N) is 1. The summed E-state index contributed by atoms with van der Waals surface area (Å²) in [6.07, 6.45) is 0.111. The van der Waals surface area contributed by atoms with E-state index in [4.69, 9.17) is 9.47 Å². The van der Waals surface area contributed by atoms with Crippen LogP contribution in [0.1, 0.15) is 15.9 Å². The normalized spacial score (nSPS) is 18.6. The first-order valence-electron chi connectivity index (χ1n) is 8.47. The van der Waals surface area contributed by atoms with Gasteiger partial charge in [-0.05, 0) is 42.3 Å². The largest absolute Gasteiger partial charge is 0.504 e. The van der Waals surface area contributed by atoms with E-state index >= 15 is 0 Å². The first-order valence-corrected chi connectivity index (χ1v) is 8.47. The Bertz CT molecular complexity index is 954. The molecule has 3 N–H and O–H groups in total. The monoisotopic (exact) mass is 385 g/mol. The Morgan fingerprint density at radius 1 is 0.964 bits per heavy atom. The van der Waals surface area contributed by atoms with Gasteiger partial charge in [0.2, 0.25) is 11.8 Å². The standard InChI is InChI=1S/C20H19NO7/c1-27-15-8-10(3-5-13(15)22)7-12-17(20(26)21-19(12)25)18(24)11-4-6-14(23)16(9-11)28-2/h3-6,8-9,12,17,22-23H,7H2,1-2H3,(H,21,25,26). The van der Waals surface area contributed by atoms with Gasteiger partial charge in [-0.1, -0.05) is 6.07 Å². The van der Waals surface area contributed by atoms with Crippen LogP contribution < -0.4 is 14.8 Å². The molecule has 1 saturated heterocycles. The molecule has 0 bridgehead atoms. The topological polar surface area (TPSA) is 122 Å². The Hall–Kier alpha value is -3.55. The lowest BCUT2D eigenvalue weighted by atomic mass is 9.83. The molecule has 2 unspecified atom stereocenters. The van der Waals surface area contributed by atoms with E-state index in [-0.39, 0.29) is 35.0 Å². The van der Waals surface area contributed by atoms with E-state index in [1.165, 1.54) is 38.5 Å². The average molecular weight is 385 g/mol. The minimum atomic E-state index is -1.21. The number of benzene rings is 2. The fourth-order valence-electron chi connectivity index (χ4n) is 3.25. The molecular weight excluding hydrogens is 366 g/mol. The molecule has 8 heteroatoms. The molecule has 8 nitrogen and oxygen atoms in total. The fraction of sp³-hybridized carbons (Fsp3) is 0.250. The van der Waals surface area contributed by atoms with Gasteiger partial charge in [0, 0.05) is 5.56 Å². The van der Waals surface area contributed by atoms with Crippen LogP contribution in [0.15, 0.2) is 36.4 Å². The zero-order valence-electron chi connectivity index (χ0n) is 15.3. The summed E-state index contributed by atoms with van der Waals surface area (Å²) in [5.41, 5.74) is 0.781. The number of ether oxygens (including phenoxy) is 2. The van der Waals surface area contributed by atoms with Crippen molar-refractivity contribution < 1.29 is 34.1 Å². The van der Waals surface area contributed by atoms with Crippen LogP contribution in [0.3, 0.4) is 0 Å². The van der Waals surface area contributed by atoms with Gasteiger partial charge in [0.25, 0.3) is 0 Å². The SMILES string of the molecule is COc1cc(CC2C(=O)NC(=O)C2C(=O)c2ccc(O)c(OC)c2)ccc1O. The third-order valence-corrected chi connectivity index (χ3v) is 4.71. The first kappa shape index (κ1) is 19.2. The van der Waals surface area contributed by atoms with Crippen molar-refractivity contribution in [2.24, 2.45) is 11.8 Å². The predicted molar refractivity (Wildman–Crippen MR) is 97.5 cm³/mol. The molecule has 0 aromatic heterocycles. The molecule has 1 aliphatic heterocycles. The predicted octanol–water partition coefficient (Wildman–Crippen LogP) is 1.43. The summed E-state index contributed by atoms with van der Waals surface area (Å²) in [5, 5.41) is 21.6. The summed E-state index contributed by atoms with van der Waals surface area (Å²) < 4.78 is 10.1. The Kier molecular flexibility index (Phi) is 5.21. The molecule has 1 aliphatic rings. The summed E-state index contributed by atoms with van der Waals surface area (Å²) in [5.74, 6) is -3.74. The van der Waals surface area contributed by atoms with Gasteiger partial charge in [0.15, 0.2) is 28.8 Å². The van der Waals surface area contributed by atoms with Gasteiger partial charge >= 0.3 is 0 Å². The number of imide groups is 1. The molecule has 0 aliphatic carbocycles. The van der Waals surface area contributed by atoms with Crippen LogP contribution in [0.4, 0.5) is 0 Å². The zero-order chi connectivity index (χ0) is 20.4. The molecule has 1 fully saturated rings. The van der Waals surface area contributed by atoms with E-state index in [9.17, 15) is 24.6 Å². The average Bonchev–Trinajstić information content (AvgIpc) is 2.96. The number of phenols is 2. The molecule has 2 amide bonds. The number of hydrogen-bond donors (Lipinski definition) is 3.